The third-order valence-corrected chi connectivity index (χ3v) is 4.33. The molecule has 0 aromatic heterocycles. The van der Waals surface area contributed by atoms with Crippen LogP contribution in [-0.4, -0.2) is 31.3 Å². The summed E-state index contributed by atoms with van der Waals surface area (Å²) >= 11 is 0. The maximum atomic E-state index is 11.5. The zero-order valence-corrected chi connectivity index (χ0v) is 11.2. The summed E-state index contributed by atoms with van der Waals surface area (Å²) in [6, 6.07) is 5.96. The first-order chi connectivity index (χ1) is 9.17. The lowest BCUT2D eigenvalue weighted by Crippen LogP contribution is -2.22. The molecule has 0 amide bonds. The molecule has 1 N–H and O–H groups in total. The Hall–Kier alpha value is -1.71. The molecule has 1 aliphatic heterocycles. The van der Waals surface area contributed by atoms with E-state index in [-0.39, 0.29) is 0 Å². The topological polar surface area (TPSA) is 49.8 Å². The Morgan fingerprint density at radius 2 is 2.00 bits per heavy atom. The number of aliphatic carboxylic acids is 1. The maximum absolute atomic E-state index is 11.5. The highest BCUT2D eigenvalue weighted by molar-refractivity contribution is 5.86. The molecule has 1 saturated heterocycles. The van der Waals surface area contributed by atoms with Gasteiger partial charge in [0.25, 0.3) is 0 Å². The Bertz CT molecular complexity index is 502. The molecule has 0 atom stereocenters. The molecule has 1 aromatic carbocycles. The van der Waals surface area contributed by atoms with Crippen molar-refractivity contribution < 1.29 is 14.6 Å². The molecule has 0 unspecified atom stereocenters. The minimum atomic E-state index is -0.732. The third kappa shape index (κ3) is 1.95. The Labute approximate surface area is 113 Å². The van der Waals surface area contributed by atoms with Crippen molar-refractivity contribution in [3.63, 3.8) is 0 Å². The Morgan fingerprint density at radius 3 is 2.53 bits per heavy atom. The second kappa shape index (κ2) is 4.44. The first-order valence-corrected chi connectivity index (χ1v) is 6.84. The summed E-state index contributed by atoms with van der Waals surface area (Å²) in [5.41, 5.74) is 1.26. The second-order valence-electron chi connectivity index (χ2n) is 5.47. The van der Waals surface area contributed by atoms with Gasteiger partial charge in [0.05, 0.1) is 12.5 Å². The predicted octanol–water partition coefficient (Wildman–Crippen LogP) is 2.41. The third-order valence-electron chi connectivity index (χ3n) is 4.33. The van der Waals surface area contributed by atoms with Crippen molar-refractivity contribution in [2.75, 3.05) is 25.1 Å². The number of rotatable bonds is 4. The van der Waals surface area contributed by atoms with Crippen LogP contribution in [0.25, 0.3) is 0 Å². The monoisotopic (exact) mass is 261 g/mol. The Balaban J connectivity index is 2.01. The summed E-state index contributed by atoms with van der Waals surface area (Å²) in [5.74, 6) is -0.0350. The van der Waals surface area contributed by atoms with E-state index >= 15 is 0 Å². The van der Waals surface area contributed by atoms with Gasteiger partial charge in [-0.1, -0.05) is 0 Å². The molecule has 1 heterocycles. The number of anilines is 1. The lowest BCUT2D eigenvalue weighted by Gasteiger charge is -2.22. The van der Waals surface area contributed by atoms with Gasteiger partial charge in [-0.25, -0.2) is 0 Å². The minimum absolute atomic E-state index is 0.697. The van der Waals surface area contributed by atoms with E-state index in [2.05, 4.69) is 4.90 Å². The van der Waals surface area contributed by atoms with Crippen molar-refractivity contribution >= 4 is 11.7 Å². The van der Waals surface area contributed by atoms with Crippen molar-refractivity contribution in [1.29, 1.82) is 0 Å². The van der Waals surface area contributed by atoms with Crippen LogP contribution in [0.5, 0.6) is 5.75 Å². The van der Waals surface area contributed by atoms with Gasteiger partial charge >= 0.3 is 5.97 Å². The van der Waals surface area contributed by atoms with Gasteiger partial charge in [0.1, 0.15) is 5.75 Å². The molecule has 4 nitrogen and oxygen atoms in total. The molecule has 1 aliphatic carbocycles. The number of carbonyl (C=O) groups is 1. The van der Waals surface area contributed by atoms with Crippen LogP contribution in [0.15, 0.2) is 18.2 Å². The van der Waals surface area contributed by atoms with Gasteiger partial charge in [0, 0.05) is 24.3 Å². The number of carboxylic acid groups (broad SMARTS) is 1. The fraction of sp³-hybridized carbons (Fsp3) is 0.533. The molecular weight excluding hydrogens is 242 g/mol. The van der Waals surface area contributed by atoms with Gasteiger partial charge in [-0.15, -0.1) is 0 Å². The van der Waals surface area contributed by atoms with Gasteiger partial charge in [0.2, 0.25) is 0 Å². The smallest absolute Gasteiger partial charge is 0.314 e. The molecule has 19 heavy (non-hydrogen) atoms. The van der Waals surface area contributed by atoms with Crippen molar-refractivity contribution in [2.24, 2.45) is 0 Å². The summed E-state index contributed by atoms with van der Waals surface area (Å²) in [7, 11) is 1.60. The van der Waals surface area contributed by atoms with E-state index in [1.54, 1.807) is 7.11 Å². The zero-order valence-electron chi connectivity index (χ0n) is 11.2. The highest BCUT2D eigenvalue weighted by atomic mass is 16.5. The van der Waals surface area contributed by atoms with Crippen LogP contribution in [0.3, 0.4) is 0 Å². The summed E-state index contributed by atoms with van der Waals surface area (Å²) in [6.45, 7) is 2.12. The molecule has 0 bridgehead atoms. The normalized spacial score (nSPS) is 20.4. The number of benzene rings is 1. The van der Waals surface area contributed by atoms with Crippen LogP contribution in [0.4, 0.5) is 5.69 Å². The summed E-state index contributed by atoms with van der Waals surface area (Å²) < 4.78 is 5.36. The average Bonchev–Trinajstić information content (AvgIpc) is 3.06. The van der Waals surface area contributed by atoms with Crippen molar-refractivity contribution in [2.45, 2.75) is 31.1 Å². The van der Waals surface area contributed by atoms with Crippen LogP contribution in [0.1, 0.15) is 31.2 Å². The van der Waals surface area contributed by atoms with E-state index in [9.17, 15) is 9.90 Å². The first kappa shape index (κ1) is 12.3. The van der Waals surface area contributed by atoms with Gasteiger partial charge < -0.3 is 14.7 Å². The predicted molar refractivity (Wildman–Crippen MR) is 73.0 cm³/mol. The van der Waals surface area contributed by atoms with E-state index in [4.69, 9.17) is 4.74 Å². The second-order valence-corrected chi connectivity index (χ2v) is 5.47. The largest absolute Gasteiger partial charge is 0.496 e. The van der Waals surface area contributed by atoms with Crippen LogP contribution in [0, 0.1) is 0 Å². The molecule has 1 aromatic rings. The summed E-state index contributed by atoms with van der Waals surface area (Å²) in [5, 5.41) is 9.46. The molecule has 102 valence electrons. The number of methoxy groups -OCH3 is 1. The van der Waals surface area contributed by atoms with E-state index in [0.717, 1.165) is 24.3 Å². The maximum Gasteiger partial charge on any atom is 0.314 e. The van der Waals surface area contributed by atoms with E-state index in [1.807, 2.05) is 18.2 Å². The van der Waals surface area contributed by atoms with E-state index in [0.29, 0.717) is 18.6 Å². The van der Waals surface area contributed by atoms with Gasteiger partial charge in [-0.05, 0) is 43.9 Å². The molecule has 0 spiro atoms. The lowest BCUT2D eigenvalue weighted by atomic mass is 9.94. The SMILES string of the molecule is COc1ccc(N2CCCC2)cc1C1(C(=O)O)CC1. The molecule has 2 aliphatic rings. The van der Waals surface area contributed by atoms with Crippen LogP contribution in [0.2, 0.25) is 0 Å². The molecular formula is C15H19NO3. The van der Waals surface area contributed by atoms with E-state index in [1.165, 1.54) is 12.8 Å². The van der Waals surface area contributed by atoms with Gasteiger partial charge in [-0.3, -0.25) is 4.79 Å². The van der Waals surface area contributed by atoms with Gasteiger partial charge in [0.15, 0.2) is 0 Å². The number of hydrogen-bond donors (Lipinski definition) is 1. The first-order valence-electron chi connectivity index (χ1n) is 6.84. The Kier molecular flexibility index (Phi) is 2.88. The standard InChI is InChI=1S/C15H19NO3/c1-19-13-5-4-11(16-8-2-3-9-16)10-12(13)15(6-7-15)14(17)18/h4-5,10H,2-3,6-9H2,1H3,(H,17,18). The van der Waals surface area contributed by atoms with Gasteiger partial charge in [-0.2, -0.15) is 0 Å². The highest BCUT2D eigenvalue weighted by Gasteiger charge is 2.53. The van der Waals surface area contributed by atoms with Crippen molar-refractivity contribution in [1.82, 2.24) is 0 Å². The summed E-state index contributed by atoms with van der Waals surface area (Å²) in [4.78, 5) is 13.8. The van der Waals surface area contributed by atoms with Crippen LogP contribution < -0.4 is 9.64 Å². The average molecular weight is 261 g/mol. The van der Waals surface area contributed by atoms with Crippen LogP contribution >= 0.6 is 0 Å². The fourth-order valence-electron chi connectivity index (χ4n) is 2.97. The van der Waals surface area contributed by atoms with Crippen LogP contribution in [-0.2, 0) is 10.2 Å². The molecule has 1 saturated carbocycles. The summed E-state index contributed by atoms with van der Waals surface area (Å²) in [6.07, 6.45) is 3.85. The number of ether oxygens (including phenoxy) is 1. The molecule has 0 radical (unpaired) electrons. The lowest BCUT2D eigenvalue weighted by molar-refractivity contribution is -0.140. The van der Waals surface area contributed by atoms with E-state index < -0.39 is 11.4 Å². The minimum Gasteiger partial charge on any atom is -0.496 e. The number of carboxylic acids is 1. The van der Waals surface area contributed by atoms with Crippen molar-refractivity contribution in [3.8, 4) is 5.75 Å². The highest BCUT2D eigenvalue weighted by Crippen LogP contribution is 2.52. The number of hydrogen-bond acceptors (Lipinski definition) is 3. The molecule has 4 heteroatoms. The quantitative estimate of drug-likeness (QED) is 0.904. The molecule has 3 rings (SSSR count). The zero-order chi connectivity index (χ0) is 13.5. The number of nitrogens with zero attached hydrogens (tertiary/aromatic N) is 1. The Morgan fingerprint density at radius 1 is 1.32 bits per heavy atom. The fourth-order valence-corrected chi connectivity index (χ4v) is 2.97. The molecule has 2 fully saturated rings. The van der Waals surface area contributed by atoms with Crippen molar-refractivity contribution in [3.05, 3.63) is 23.8 Å².